The van der Waals surface area contributed by atoms with Crippen molar-refractivity contribution in [2.75, 3.05) is 7.11 Å². The zero-order valence-corrected chi connectivity index (χ0v) is 10.8. The topological polar surface area (TPSA) is 102 Å². The zero-order chi connectivity index (χ0) is 14.7. The van der Waals surface area contributed by atoms with Crippen LogP contribution in [0.25, 0.3) is 0 Å². The van der Waals surface area contributed by atoms with E-state index in [1.54, 1.807) is 6.92 Å². The van der Waals surface area contributed by atoms with E-state index in [9.17, 15) is 9.59 Å². The maximum Gasteiger partial charge on any atom is 0.339 e. The summed E-state index contributed by atoms with van der Waals surface area (Å²) in [5.41, 5.74) is -0.433. The molecule has 1 aromatic carbocycles. The Morgan fingerprint density at radius 3 is 2.70 bits per heavy atom. The van der Waals surface area contributed by atoms with Gasteiger partial charge in [0, 0.05) is 6.07 Å². The second-order valence-corrected chi connectivity index (χ2v) is 3.94. The number of carboxylic acids is 1. The van der Waals surface area contributed by atoms with Gasteiger partial charge in [-0.2, -0.15) is 0 Å². The molecule has 0 amide bonds. The lowest BCUT2D eigenvalue weighted by atomic mass is 10.2. The van der Waals surface area contributed by atoms with E-state index in [4.69, 9.17) is 14.6 Å². The van der Waals surface area contributed by atoms with Gasteiger partial charge in [0.1, 0.15) is 22.9 Å². The number of aromatic amines is 1. The maximum atomic E-state index is 11.3. The number of aryl methyl sites for hydroxylation is 1. The van der Waals surface area contributed by atoms with E-state index in [2.05, 4.69) is 9.97 Å². The summed E-state index contributed by atoms with van der Waals surface area (Å²) in [5.74, 6) is -0.278. The standard InChI is InChI=1S/C13H12N2O5/c1-7-14-11(16)6-12(15-7)20-10-5-8(19-2)3-4-9(10)13(17)18/h3-6H,1-2H3,(H,17,18)(H,14,15,16). The van der Waals surface area contributed by atoms with Gasteiger partial charge in [0.05, 0.1) is 13.2 Å². The molecule has 0 bridgehead atoms. The van der Waals surface area contributed by atoms with Crippen LogP contribution < -0.4 is 15.0 Å². The van der Waals surface area contributed by atoms with Gasteiger partial charge in [-0.15, -0.1) is 0 Å². The second kappa shape index (κ2) is 5.43. The molecule has 0 fully saturated rings. The first-order valence-electron chi connectivity index (χ1n) is 5.67. The van der Waals surface area contributed by atoms with Crippen molar-refractivity contribution < 1.29 is 19.4 Å². The third-order valence-electron chi connectivity index (χ3n) is 2.47. The monoisotopic (exact) mass is 276 g/mol. The summed E-state index contributed by atoms with van der Waals surface area (Å²) in [4.78, 5) is 28.9. The normalized spacial score (nSPS) is 10.1. The Hall–Kier alpha value is -2.83. The van der Waals surface area contributed by atoms with Gasteiger partial charge >= 0.3 is 5.97 Å². The Kier molecular flexibility index (Phi) is 3.69. The van der Waals surface area contributed by atoms with Crippen molar-refractivity contribution in [1.82, 2.24) is 9.97 Å². The average Bonchev–Trinajstić information content (AvgIpc) is 2.37. The molecular weight excluding hydrogens is 264 g/mol. The van der Waals surface area contributed by atoms with E-state index < -0.39 is 5.97 Å². The fourth-order valence-corrected chi connectivity index (χ4v) is 1.61. The van der Waals surface area contributed by atoms with Crippen LogP contribution in [0.3, 0.4) is 0 Å². The molecule has 2 aromatic rings. The second-order valence-electron chi connectivity index (χ2n) is 3.94. The van der Waals surface area contributed by atoms with Crippen molar-refractivity contribution in [3.05, 3.63) is 46.0 Å². The number of hydrogen-bond donors (Lipinski definition) is 2. The van der Waals surface area contributed by atoms with E-state index in [-0.39, 0.29) is 22.8 Å². The average molecular weight is 276 g/mol. The van der Waals surface area contributed by atoms with Crippen LogP contribution in [0.15, 0.2) is 29.1 Å². The first kappa shape index (κ1) is 13.6. The highest BCUT2D eigenvalue weighted by Gasteiger charge is 2.14. The molecular formula is C13H12N2O5. The van der Waals surface area contributed by atoms with Gasteiger partial charge in [0.15, 0.2) is 0 Å². The highest BCUT2D eigenvalue weighted by molar-refractivity contribution is 5.91. The molecule has 2 N–H and O–H groups in total. The quantitative estimate of drug-likeness (QED) is 0.879. The van der Waals surface area contributed by atoms with E-state index >= 15 is 0 Å². The largest absolute Gasteiger partial charge is 0.497 e. The van der Waals surface area contributed by atoms with Crippen LogP contribution in [-0.2, 0) is 0 Å². The summed E-state index contributed by atoms with van der Waals surface area (Å²) >= 11 is 0. The number of rotatable bonds is 4. The van der Waals surface area contributed by atoms with Crippen LogP contribution in [-0.4, -0.2) is 28.2 Å². The molecule has 7 heteroatoms. The van der Waals surface area contributed by atoms with E-state index in [0.29, 0.717) is 11.6 Å². The van der Waals surface area contributed by atoms with Crippen LogP contribution >= 0.6 is 0 Å². The Morgan fingerprint density at radius 2 is 2.10 bits per heavy atom. The third-order valence-corrected chi connectivity index (χ3v) is 2.47. The van der Waals surface area contributed by atoms with Gasteiger partial charge in [-0.1, -0.05) is 0 Å². The molecule has 2 rings (SSSR count). The maximum absolute atomic E-state index is 11.3. The number of H-pyrrole nitrogens is 1. The summed E-state index contributed by atoms with van der Waals surface area (Å²) in [7, 11) is 1.45. The molecule has 0 aliphatic rings. The van der Waals surface area contributed by atoms with Crippen molar-refractivity contribution in [3.63, 3.8) is 0 Å². The lowest BCUT2D eigenvalue weighted by Crippen LogP contribution is -2.09. The molecule has 0 aliphatic heterocycles. The van der Waals surface area contributed by atoms with Crippen LogP contribution in [0, 0.1) is 6.92 Å². The van der Waals surface area contributed by atoms with Crippen molar-refractivity contribution in [3.8, 4) is 17.4 Å². The minimum Gasteiger partial charge on any atom is -0.497 e. The van der Waals surface area contributed by atoms with Gasteiger partial charge in [0.25, 0.3) is 5.56 Å². The minimum atomic E-state index is -1.15. The molecule has 0 saturated heterocycles. The van der Waals surface area contributed by atoms with Crippen molar-refractivity contribution >= 4 is 5.97 Å². The molecule has 0 radical (unpaired) electrons. The van der Waals surface area contributed by atoms with Crippen molar-refractivity contribution in [2.24, 2.45) is 0 Å². The van der Waals surface area contributed by atoms with Gasteiger partial charge in [-0.05, 0) is 19.1 Å². The van der Waals surface area contributed by atoms with Crippen LogP contribution in [0.5, 0.6) is 17.4 Å². The number of nitrogens with zero attached hydrogens (tertiary/aromatic N) is 1. The summed E-state index contributed by atoms with van der Waals surface area (Å²) < 4.78 is 10.4. The summed E-state index contributed by atoms with van der Waals surface area (Å²) in [6, 6.07) is 5.42. The number of methoxy groups -OCH3 is 1. The molecule has 0 atom stereocenters. The number of carbonyl (C=O) groups is 1. The predicted octanol–water partition coefficient (Wildman–Crippen LogP) is 1.58. The summed E-state index contributed by atoms with van der Waals surface area (Å²) in [6.45, 7) is 1.60. The molecule has 1 aromatic heterocycles. The van der Waals surface area contributed by atoms with Gasteiger partial charge in [0.2, 0.25) is 5.88 Å². The number of carboxylic acid groups (broad SMARTS) is 1. The number of benzene rings is 1. The summed E-state index contributed by atoms with van der Waals surface area (Å²) in [5, 5.41) is 9.11. The molecule has 0 saturated carbocycles. The number of ether oxygens (including phenoxy) is 2. The SMILES string of the molecule is COc1ccc(C(=O)O)c(Oc2cc(=O)[nH]c(C)n2)c1. The van der Waals surface area contributed by atoms with Crippen LogP contribution in [0.2, 0.25) is 0 Å². The smallest absolute Gasteiger partial charge is 0.339 e. The number of aromatic nitrogens is 2. The molecule has 20 heavy (non-hydrogen) atoms. The fourth-order valence-electron chi connectivity index (χ4n) is 1.61. The molecule has 0 unspecified atom stereocenters. The Labute approximate surface area is 113 Å². The number of hydrogen-bond acceptors (Lipinski definition) is 5. The van der Waals surface area contributed by atoms with Crippen LogP contribution in [0.4, 0.5) is 0 Å². The van der Waals surface area contributed by atoms with E-state index in [1.165, 1.54) is 25.3 Å². The predicted molar refractivity (Wildman–Crippen MR) is 69.6 cm³/mol. The van der Waals surface area contributed by atoms with Crippen molar-refractivity contribution in [1.29, 1.82) is 0 Å². The third kappa shape index (κ3) is 2.94. The highest BCUT2D eigenvalue weighted by atomic mass is 16.5. The molecule has 104 valence electrons. The highest BCUT2D eigenvalue weighted by Crippen LogP contribution is 2.28. The molecule has 1 heterocycles. The Morgan fingerprint density at radius 1 is 1.35 bits per heavy atom. The van der Waals surface area contributed by atoms with E-state index in [1.807, 2.05) is 0 Å². The first-order chi connectivity index (χ1) is 9.49. The van der Waals surface area contributed by atoms with Gasteiger partial charge < -0.3 is 19.6 Å². The lowest BCUT2D eigenvalue weighted by Gasteiger charge is -2.09. The Balaban J connectivity index is 2.45. The van der Waals surface area contributed by atoms with Crippen LogP contribution in [0.1, 0.15) is 16.2 Å². The van der Waals surface area contributed by atoms with Gasteiger partial charge in [-0.25, -0.2) is 9.78 Å². The number of nitrogens with one attached hydrogen (secondary N) is 1. The molecule has 0 aliphatic carbocycles. The lowest BCUT2D eigenvalue weighted by molar-refractivity contribution is 0.0694. The van der Waals surface area contributed by atoms with Gasteiger partial charge in [-0.3, -0.25) is 4.79 Å². The first-order valence-corrected chi connectivity index (χ1v) is 5.67. The molecule has 7 nitrogen and oxygen atoms in total. The fraction of sp³-hybridized carbons (Fsp3) is 0.154. The number of aromatic carboxylic acids is 1. The zero-order valence-electron chi connectivity index (χ0n) is 10.8. The minimum absolute atomic E-state index is 0.0157. The molecule has 0 spiro atoms. The summed E-state index contributed by atoms with van der Waals surface area (Å²) in [6.07, 6.45) is 0. The van der Waals surface area contributed by atoms with E-state index in [0.717, 1.165) is 6.07 Å². The van der Waals surface area contributed by atoms with Crippen molar-refractivity contribution in [2.45, 2.75) is 6.92 Å². The Bertz CT molecular complexity index is 708.